The van der Waals surface area contributed by atoms with Gasteiger partial charge in [0.25, 0.3) is 5.69 Å². The molecule has 1 aromatic carbocycles. The van der Waals surface area contributed by atoms with Crippen LogP contribution in [0.5, 0.6) is 0 Å². The number of benzene rings is 1. The van der Waals surface area contributed by atoms with Gasteiger partial charge in [-0.3, -0.25) is 15.0 Å². The molecule has 0 aliphatic carbocycles. The third-order valence-corrected chi connectivity index (χ3v) is 4.02. The molecular weight excluding hydrogens is 318 g/mol. The normalized spacial score (nSPS) is 18.4. The van der Waals surface area contributed by atoms with Crippen LogP contribution in [0.15, 0.2) is 36.7 Å². The van der Waals surface area contributed by atoms with E-state index in [-0.39, 0.29) is 29.1 Å². The molecular formula is C15H20ClN5O2. The number of non-ortho nitro benzene ring substituents is 1. The molecule has 1 aliphatic rings. The van der Waals surface area contributed by atoms with E-state index in [9.17, 15) is 10.1 Å². The van der Waals surface area contributed by atoms with Gasteiger partial charge in [0.05, 0.1) is 11.0 Å². The molecule has 3 rings (SSSR count). The van der Waals surface area contributed by atoms with Gasteiger partial charge in [-0.25, -0.2) is 4.98 Å². The highest BCUT2D eigenvalue weighted by Gasteiger charge is 2.26. The summed E-state index contributed by atoms with van der Waals surface area (Å²) in [6.07, 6.45) is 3.74. The Bertz CT molecular complexity index is 675. The molecule has 0 radical (unpaired) electrons. The number of nitrogens with one attached hydrogen (secondary N) is 1. The van der Waals surface area contributed by atoms with Crippen LogP contribution < -0.4 is 5.32 Å². The van der Waals surface area contributed by atoms with Crippen LogP contribution in [-0.4, -0.2) is 39.0 Å². The van der Waals surface area contributed by atoms with E-state index in [1.807, 2.05) is 23.9 Å². The first-order valence-corrected chi connectivity index (χ1v) is 7.30. The van der Waals surface area contributed by atoms with Gasteiger partial charge in [0.1, 0.15) is 5.82 Å². The van der Waals surface area contributed by atoms with Crippen LogP contribution >= 0.6 is 12.4 Å². The Morgan fingerprint density at radius 2 is 2.30 bits per heavy atom. The van der Waals surface area contributed by atoms with Crippen molar-refractivity contribution < 1.29 is 4.92 Å². The number of hydrogen-bond acceptors (Lipinski definition) is 5. The minimum absolute atomic E-state index is 0. The van der Waals surface area contributed by atoms with Gasteiger partial charge in [0.2, 0.25) is 0 Å². The largest absolute Gasteiger partial charge is 0.337 e. The molecule has 1 saturated heterocycles. The van der Waals surface area contributed by atoms with Crippen molar-refractivity contribution in [2.24, 2.45) is 7.05 Å². The Morgan fingerprint density at radius 1 is 1.48 bits per heavy atom. The topological polar surface area (TPSA) is 76.2 Å². The van der Waals surface area contributed by atoms with Crippen LogP contribution in [0.3, 0.4) is 0 Å². The maximum atomic E-state index is 10.9. The number of aromatic nitrogens is 2. The molecule has 1 atom stereocenters. The van der Waals surface area contributed by atoms with Crippen LogP contribution in [0.2, 0.25) is 0 Å². The summed E-state index contributed by atoms with van der Waals surface area (Å²) < 4.78 is 2.03. The van der Waals surface area contributed by atoms with E-state index in [0.29, 0.717) is 6.54 Å². The first-order chi connectivity index (χ1) is 10.6. The Labute approximate surface area is 140 Å². The second-order valence-electron chi connectivity index (χ2n) is 5.51. The lowest BCUT2D eigenvalue weighted by molar-refractivity contribution is -0.384. The molecule has 0 amide bonds. The Kier molecular flexibility index (Phi) is 5.70. The molecule has 0 spiro atoms. The van der Waals surface area contributed by atoms with Crippen molar-refractivity contribution in [1.82, 2.24) is 19.8 Å². The Morgan fingerprint density at radius 3 is 3.00 bits per heavy atom. The standard InChI is InChI=1S/C15H19N5O2.ClH/c1-18-7-6-17-15(18)14-10-16-5-8-19(14)11-12-3-2-4-13(9-12)20(21)22;/h2-4,6-7,9,14,16H,5,8,10-11H2,1H3;1H. The van der Waals surface area contributed by atoms with Crippen molar-refractivity contribution in [1.29, 1.82) is 0 Å². The summed E-state index contributed by atoms with van der Waals surface area (Å²) in [7, 11) is 1.99. The van der Waals surface area contributed by atoms with Crippen molar-refractivity contribution in [2.45, 2.75) is 12.6 Å². The van der Waals surface area contributed by atoms with E-state index < -0.39 is 0 Å². The fourth-order valence-electron chi connectivity index (χ4n) is 2.89. The van der Waals surface area contributed by atoms with E-state index in [1.54, 1.807) is 18.3 Å². The molecule has 1 aliphatic heterocycles. The molecule has 8 heteroatoms. The maximum Gasteiger partial charge on any atom is 0.269 e. The number of imidazole rings is 1. The van der Waals surface area contributed by atoms with Gasteiger partial charge < -0.3 is 9.88 Å². The summed E-state index contributed by atoms with van der Waals surface area (Å²) in [4.78, 5) is 17.3. The monoisotopic (exact) mass is 337 g/mol. The third kappa shape index (κ3) is 3.87. The number of hydrogen-bond donors (Lipinski definition) is 1. The second-order valence-corrected chi connectivity index (χ2v) is 5.51. The van der Waals surface area contributed by atoms with Crippen molar-refractivity contribution in [2.75, 3.05) is 19.6 Å². The predicted molar refractivity (Wildman–Crippen MR) is 89.6 cm³/mol. The summed E-state index contributed by atoms with van der Waals surface area (Å²) >= 11 is 0. The average Bonchev–Trinajstić information content (AvgIpc) is 2.94. The lowest BCUT2D eigenvalue weighted by Crippen LogP contribution is -2.46. The lowest BCUT2D eigenvalue weighted by atomic mass is 10.1. The highest BCUT2D eigenvalue weighted by Crippen LogP contribution is 2.23. The van der Waals surface area contributed by atoms with Crippen molar-refractivity contribution in [3.05, 3.63) is 58.2 Å². The number of nitro groups is 1. The third-order valence-electron chi connectivity index (χ3n) is 4.02. The average molecular weight is 338 g/mol. The fourth-order valence-corrected chi connectivity index (χ4v) is 2.89. The quantitative estimate of drug-likeness (QED) is 0.681. The van der Waals surface area contributed by atoms with Gasteiger partial charge in [-0.1, -0.05) is 12.1 Å². The molecule has 0 bridgehead atoms. The van der Waals surface area contributed by atoms with E-state index in [0.717, 1.165) is 31.0 Å². The smallest absolute Gasteiger partial charge is 0.269 e. The minimum Gasteiger partial charge on any atom is -0.337 e. The van der Waals surface area contributed by atoms with E-state index in [1.165, 1.54) is 6.07 Å². The molecule has 2 heterocycles. The summed E-state index contributed by atoms with van der Waals surface area (Å²) in [5.41, 5.74) is 1.09. The number of nitrogens with zero attached hydrogens (tertiary/aromatic N) is 4. The minimum atomic E-state index is -0.350. The van der Waals surface area contributed by atoms with Crippen molar-refractivity contribution in [3.63, 3.8) is 0 Å². The van der Waals surface area contributed by atoms with E-state index >= 15 is 0 Å². The zero-order chi connectivity index (χ0) is 15.5. The second kappa shape index (κ2) is 7.54. The number of nitro benzene ring substituents is 1. The molecule has 1 aromatic heterocycles. The first kappa shape index (κ1) is 17.4. The summed E-state index contributed by atoms with van der Waals surface area (Å²) in [6, 6.07) is 7.03. The molecule has 1 N–H and O–H groups in total. The van der Waals surface area contributed by atoms with Crippen molar-refractivity contribution in [3.8, 4) is 0 Å². The molecule has 2 aromatic rings. The summed E-state index contributed by atoms with van der Waals surface area (Å²) in [5.74, 6) is 1.01. The zero-order valence-corrected chi connectivity index (χ0v) is 13.7. The molecule has 1 unspecified atom stereocenters. The zero-order valence-electron chi connectivity index (χ0n) is 12.9. The van der Waals surface area contributed by atoms with Gasteiger partial charge in [-0.15, -0.1) is 12.4 Å². The molecule has 124 valence electrons. The maximum absolute atomic E-state index is 10.9. The van der Waals surface area contributed by atoms with Gasteiger partial charge in [0.15, 0.2) is 0 Å². The molecule has 1 fully saturated rings. The number of rotatable bonds is 4. The van der Waals surface area contributed by atoms with Gasteiger partial charge in [-0.05, 0) is 5.56 Å². The number of piperazine rings is 1. The van der Waals surface area contributed by atoms with E-state index in [4.69, 9.17) is 0 Å². The lowest BCUT2D eigenvalue weighted by Gasteiger charge is -2.35. The van der Waals surface area contributed by atoms with Crippen LogP contribution in [0, 0.1) is 10.1 Å². The fraction of sp³-hybridized carbons (Fsp3) is 0.400. The SMILES string of the molecule is Cl.Cn1ccnc1C1CNCCN1Cc1cccc([N+](=O)[O-])c1. The molecule has 23 heavy (non-hydrogen) atoms. The van der Waals surface area contributed by atoms with E-state index in [2.05, 4.69) is 15.2 Å². The first-order valence-electron chi connectivity index (χ1n) is 7.30. The van der Waals surface area contributed by atoms with Crippen LogP contribution in [0.4, 0.5) is 5.69 Å². The summed E-state index contributed by atoms with van der Waals surface area (Å²) in [6.45, 7) is 3.32. The van der Waals surface area contributed by atoms with Crippen molar-refractivity contribution >= 4 is 18.1 Å². The van der Waals surface area contributed by atoms with Gasteiger partial charge in [0, 0.05) is 57.8 Å². The predicted octanol–water partition coefficient (Wildman–Crippen LogP) is 1.90. The van der Waals surface area contributed by atoms with Gasteiger partial charge >= 0.3 is 0 Å². The molecule has 7 nitrogen and oxygen atoms in total. The number of aryl methyl sites for hydroxylation is 1. The van der Waals surface area contributed by atoms with Crippen LogP contribution in [-0.2, 0) is 13.6 Å². The van der Waals surface area contributed by atoms with Crippen LogP contribution in [0.1, 0.15) is 17.4 Å². The summed E-state index contributed by atoms with van der Waals surface area (Å²) in [5, 5.41) is 14.3. The molecule has 0 saturated carbocycles. The highest BCUT2D eigenvalue weighted by atomic mass is 35.5. The number of halogens is 1. The highest BCUT2D eigenvalue weighted by molar-refractivity contribution is 5.85. The Balaban J connectivity index is 0.00000192. The van der Waals surface area contributed by atoms with Gasteiger partial charge in [-0.2, -0.15) is 0 Å². The van der Waals surface area contributed by atoms with Crippen LogP contribution in [0.25, 0.3) is 0 Å². The Hall–Kier alpha value is -1.96.